The van der Waals surface area contributed by atoms with Crippen molar-refractivity contribution in [2.45, 2.75) is 12.3 Å². The quantitative estimate of drug-likeness (QED) is 0.454. The summed E-state index contributed by atoms with van der Waals surface area (Å²) in [6.45, 7) is 0. The van der Waals surface area contributed by atoms with Crippen molar-refractivity contribution in [3.63, 3.8) is 0 Å². The zero-order valence-electron chi connectivity index (χ0n) is 5.71. The third-order valence-corrected chi connectivity index (χ3v) is 1.40. The van der Waals surface area contributed by atoms with Crippen LogP contribution in [0, 0.1) is 10.1 Å². The van der Waals surface area contributed by atoms with Crippen LogP contribution in [-0.2, 0) is 0 Å². The zero-order chi connectivity index (χ0) is 9.30. The highest BCUT2D eigenvalue weighted by Crippen LogP contribution is 2.25. The first-order valence-corrected chi connectivity index (χ1v) is 3.04. The Labute approximate surface area is 65.3 Å². The maximum Gasteiger partial charge on any atom is 0.303 e. The fourth-order valence-electron chi connectivity index (χ4n) is 0.789. The predicted octanol–water partition coefficient (Wildman–Crippen LogP) is 1.69. The van der Waals surface area contributed by atoms with Crippen LogP contribution in [0.2, 0.25) is 0 Å². The predicted molar refractivity (Wildman–Crippen MR) is 34.1 cm³/mol. The lowest BCUT2D eigenvalue weighted by Crippen LogP contribution is -2.22. The van der Waals surface area contributed by atoms with E-state index in [1.807, 2.05) is 0 Å². The molecule has 12 heavy (non-hydrogen) atoms. The van der Waals surface area contributed by atoms with E-state index in [9.17, 15) is 23.3 Å². The zero-order valence-corrected chi connectivity index (χ0v) is 5.71. The second kappa shape index (κ2) is 2.96. The van der Waals surface area contributed by atoms with E-state index in [0.29, 0.717) is 12.2 Å². The molecule has 0 heterocycles. The number of hydrogen-bond acceptors (Lipinski definition) is 2. The largest absolute Gasteiger partial charge is 0.303 e. The summed E-state index contributed by atoms with van der Waals surface area (Å²) < 4.78 is 37.2. The van der Waals surface area contributed by atoms with Gasteiger partial charge >= 0.3 is 5.70 Å². The molecule has 0 aromatic heterocycles. The minimum Gasteiger partial charge on any atom is -0.258 e. The first-order chi connectivity index (χ1) is 5.54. The van der Waals surface area contributed by atoms with Crippen molar-refractivity contribution in [3.05, 3.63) is 33.8 Å². The Hall–Kier alpha value is -1.33. The number of nitrogens with zero attached hydrogens (tertiary/aromatic N) is 1. The van der Waals surface area contributed by atoms with Crippen LogP contribution in [0.25, 0.3) is 0 Å². The normalized spacial score (nSPS) is 29.2. The van der Waals surface area contributed by atoms with Gasteiger partial charge in [-0.15, -0.1) is 0 Å². The fraction of sp³-hybridized carbons (Fsp3) is 0.333. The standard InChI is InChI=1S/C6H4F3NO2/c7-3-1-2-4(10(11)12)6(9)5(3)8/h1-3,5H. The number of nitro groups is 1. The number of rotatable bonds is 1. The Bertz CT molecular complexity index is 274. The lowest BCUT2D eigenvalue weighted by Gasteiger charge is -2.10. The Morgan fingerprint density at radius 3 is 2.58 bits per heavy atom. The van der Waals surface area contributed by atoms with E-state index >= 15 is 0 Å². The SMILES string of the molecule is O=[N+]([O-])C1=C(F)C(F)C(F)C=C1. The van der Waals surface area contributed by atoms with Crippen molar-refractivity contribution in [2.24, 2.45) is 0 Å². The monoisotopic (exact) mass is 179 g/mol. The van der Waals surface area contributed by atoms with Crippen LogP contribution < -0.4 is 0 Å². The van der Waals surface area contributed by atoms with Crippen LogP contribution in [0.15, 0.2) is 23.7 Å². The second-order valence-electron chi connectivity index (χ2n) is 2.20. The van der Waals surface area contributed by atoms with Gasteiger partial charge in [-0.2, -0.15) is 0 Å². The summed E-state index contributed by atoms with van der Waals surface area (Å²) in [5.74, 6) is -1.66. The van der Waals surface area contributed by atoms with Crippen molar-refractivity contribution in [3.8, 4) is 0 Å². The lowest BCUT2D eigenvalue weighted by molar-refractivity contribution is -0.422. The Morgan fingerprint density at radius 2 is 2.08 bits per heavy atom. The maximum absolute atomic E-state index is 12.5. The highest BCUT2D eigenvalue weighted by atomic mass is 19.2. The van der Waals surface area contributed by atoms with Crippen molar-refractivity contribution in [1.29, 1.82) is 0 Å². The molecule has 0 saturated heterocycles. The first kappa shape index (κ1) is 8.76. The summed E-state index contributed by atoms with van der Waals surface area (Å²) in [7, 11) is 0. The van der Waals surface area contributed by atoms with Crippen LogP contribution in [-0.4, -0.2) is 17.3 Å². The average Bonchev–Trinajstić information content (AvgIpc) is 2.00. The van der Waals surface area contributed by atoms with Gasteiger partial charge in [0, 0.05) is 6.08 Å². The molecule has 0 amide bonds. The van der Waals surface area contributed by atoms with Crippen LogP contribution >= 0.6 is 0 Å². The van der Waals surface area contributed by atoms with Gasteiger partial charge in [-0.05, 0) is 6.08 Å². The van der Waals surface area contributed by atoms with E-state index in [-0.39, 0.29) is 0 Å². The van der Waals surface area contributed by atoms with E-state index in [0.717, 1.165) is 0 Å². The maximum atomic E-state index is 12.5. The molecular formula is C6H4F3NO2. The van der Waals surface area contributed by atoms with E-state index in [1.54, 1.807) is 0 Å². The summed E-state index contributed by atoms with van der Waals surface area (Å²) in [6, 6.07) is 0. The van der Waals surface area contributed by atoms with Crippen molar-refractivity contribution >= 4 is 0 Å². The molecule has 0 aromatic rings. The minimum atomic E-state index is -2.55. The third-order valence-electron chi connectivity index (χ3n) is 1.40. The smallest absolute Gasteiger partial charge is 0.258 e. The molecule has 0 N–H and O–H groups in total. The second-order valence-corrected chi connectivity index (χ2v) is 2.20. The van der Waals surface area contributed by atoms with Gasteiger partial charge in [0.25, 0.3) is 0 Å². The third kappa shape index (κ3) is 1.32. The average molecular weight is 179 g/mol. The molecule has 1 aliphatic rings. The van der Waals surface area contributed by atoms with E-state index in [1.165, 1.54) is 0 Å². The number of hydrogen-bond donors (Lipinski definition) is 0. The molecule has 2 atom stereocenters. The molecule has 0 fully saturated rings. The Balaban J connectivity index is 3.02. The van der Waals surface area contributed by atoms with Gasteiger partial charge in [0.15, 0.2) is 12.3 Å². The summed E-state index contributed by atoms with van der Waals surface area (Å²) in [4.78, 5) is 8.89. The number of alkyl halides is 2. The van der Waals surface area contributed by atoms with Crippen LogP contribution in [0.3, 0.4) is 0 Å². The van der Waals surface area contributed by atoms with E-state index in [4.69, 9.17) is 0 Å². The molecule has 0 aliphatic heterocycles. The van der Waals surface area contributed by atoms with Gasteiger partial charge in [-0.3, -0.25) is 10.1 Å². The molecule has 6 heteroatoms. The summed E-state index contributed by atoms with van der Waals surface area (Å²) in [6.07, 6.45) is -3.44. The van der Waals surface area contributed by atoms with Gasteiger partial charge in [0.2, 0.25) is 5.83 Å². The molecule has 3 nitrogen and oxygen atoms in total. The molecular weight excluding hydrogens is 175 g/mol. The molecule has 1 aliphatic carbocycles. The van der Waals surface area contributed by atoms with Gasteiger partial charge in [-0.1, -0.05) is 0 Å². The van der Waals surface area contributed by atoms with Gasteiger partial charge in [-0.25, -0.2) is 13.2 Å². The molecule has 0 aromatic carbocycles. The molecule has 66 valence electrons. The van der Waals surface area contributed by atoms with Crippen molar-refractivity contribution in [2.75, 3.05) is 0 Å². The van der Waals surface area contributed by atoms with Gasteiger partial charge in [0.05, 0.1) is 4.92 Å². The van der Waals surface area contributed by atoms with Crippen molar-refractivity contribution < 1.29 is 18.1 Å². The van der Waals surface area contributed by atoms with Crippen LogP contribution in [0.1, 0.15) is 0 Å². The molecule has 0 saturated carbocycles. The lowest BCUT2D eigenvalue weighted by atomic mass is 10.1. The molecule has 1 rings (SSSR count). The topological polar surface area (TPSA) is 43.1 Å². The number of allylic oxidation sites excluding steroid dienone is 3. The molecule has 0 bridgehead atoms. The Kier molecular flexibility index (Phi) is 2.16. The Morgan fingerprint density at radius 1 is 1.50 bits per heavy atom. The highest BCUT2D eigenvalue weighted by molar-refractivity contribution is 5.26. The molecule has 2 unspecified atom stereocenters. The molecule has 0 spiro atoms. The summed E-state index contributed by atoms with van der Waals surface area (Å²) in [5.41, 5.74) is -1.02. The number of halogens is 3. The van der Waals surface area contributed by atoms with Gasteiger partial charge in [0.1, 0.15) is 0 Å². The van der Waals surface area contributed by atoms with Crippen molar-refractivity contribution in [1.82, 2.24) is 0 Å². The highest BCUT2D eigenvalue weighted by Gasteiger charge is 2.34. The van der Waals surface area contributed by atoms with E-state index < -0.39 is 28.8 Å². The van der Waals surface area contributed by atoms with Crippen LogP contribution in [0.5, 0.6) is 0 Å². The fourth-order valence-corrected chi connectivity index (χ4v) is 0.789. The van der Waals surface area contributed by atoms with E-state index in [2.05, 4.69) is 0 Å². The summed E-state index contributed by atoms with van der Waals surface area (Å²) in [5, 5.41) is 9.98. The molecule has 0 radical (unpaired) electrons. The minimum absolute atomic E-state index is 0.617. The van der Waals surface area contributed by atoms with Gasteiger partial charge < -0.3 is 0 Å². The first-order valence-electron chi connectivity index (χ1n) is 3.04. The van der Waals surface area contributed by atoms with Crippen LogP contribution in [0.4, 0.5) is 13.2 Å². The summed E-state index contributed by atoms with van der Waals surface area (Å²) >= 11 is 0.